The Balaban J connectivity index is 3.09. The molecule has 0 saturated heterocycles. The van der Waals surface area contributed by atoms with Crippen LogP contribution in [0.3, 0.4) is 0 Å². The Morgan fingerprint density at radius 3 is 2.29 bits per heavy atom. The summed E-state index contributed by atoms with van der Waals surface area (Å²) in [5.41, 5.74) is 5.61. The topological polar surface area (TPSA) is 60.2 Å². The van der Waals surface area contributed by atoms with Gasteiger partial charge in [-0.05, 0) is 38.5 Å². The summed E-state index contributed by atoms with van der Waals surface area (Å²) in [5.74, 6) is 0. The molecule has 2 N–H and O–H groups in total. The number of rotatable bonds is 4. The van der Waals surface area contributed by atoms with Crippen molar-refractivity contribution in [2.24, 2.45) is 5.73 Å². The van der Waals surface area contributed by atoms with E-state index in [9.17, 15) is 8.42 Å². The Kier molecular flexibility index (Phi) is 4.84. The monoisotopic (exact) mass is 295 g/mol. The van der Waals surface area contributed by atoms with Crippen molar-refractivity contribution in [3.8, 4) is 0 Å². The molecule has 0 aliphatic carbocycles. The van der Waals surface area contributed by atoms with Crippen LogP contribution in [0.15, 0.2) is 23.1 Å². The second-order valence-corrected chi connectivity index (χ2v) is 7.33. The molecule has 0 amide bonds. The number of halogens is 2. The van der Waals surface area contributed by atoms with Crippen molar-refractivity contribution in [2.75, 3.05) is 0 Å². The summed E-state index contributed by atoms with van der Waals surface area (Å²) >= 11 is 11.6. The highest BCUT2D eigenvalue weighted by Gasteiger charge is 2.24. The second-order valence-electron chi connectivity index (χ2n) is 4.14. The van der Waals surface area contributed by atoms with Gasteiger partial charge in [0.1, 0.15) is 0 Å². The minimum Gasteiger partial charge on any atom is -0.328 e. The molecule has 0 heterocycles. The van der Waals surface area contributed by atoms with Gasteiger partial charge in [0.05, 0.1) is 20.2 Å². The summed E-state index contributed by atoms with van der Waals surface area (Å²) in [6.45, 7) is 3.42. The first-order valence-corrected chi connectivity index (χ1v) is 7.50. The molecule has 2 unspecified atom stereocenters. The van der Waals surface area contributed by atoms with Gasteiger partial charge in [0.25, 0.3) is 0 Å². The zero-order chi connectivity index (χ0) is 13.2. The van der Waals surface area contributed by atoms with Gasteiger partial charge in [-0.2, -0.15) is 0 Å². The van der Waals surface area contributed by atoms with Gasteiger partial charge in [0.2, 0.25) is 0 Å². The lowest BCUT2D eigenvalue weighted by Crippen LogP contribution is -2.27. The molecule has 6 heteroatoms. The maximum Gasteiger partial charge on any atom is 0.181 e. The first kappa shape index (κ1) is 14.8. The molecule has 2 atom stereocenters. The van der Waals surface area contributed by atoms with E-state index in [1.54, 1.807) is 13.8 Å². The fourth-order valence-electron chi connectivity index (χ4n) is 1.54. The lowest BCUT2D eigenvalue weighted by Gasteiger charge is -2.15. The van der Waals surface area contributed by atoms with Gasteiger partial charge in [-0.3, -0.25) is 0 Å². The Morgan fingerprint density at radius 2 is 1.82 bits per heavy atom. The summed E-state index contributed by atoms with van der Waals surface area (Å²) in [4.78, 5) is 0.181. The van der Waals surface area contributed by atoms with Crippen LogP contribution in [0, 0.1) is 0 Å². The molecule has 96 valence electrons. The maximum atomic E-state index is 12.2. The third kappa shape index (κ3) is 3.58. The van der Waals surface area contributed by atoms with Crippen LogP contribution in [0.25, 0.3) is 0 Å². The first-order chi connectivity index (χ1) is 7.75. The van der Waals surface area contributed by atoms with Crippen LogP contribution in [0.1, 0.15) is 20.3 Å². The average Bonchev–Trinajstić information content (AvgIpc) is 2.20. The van der Waals surface area contributed by atoms with E-state index in [2.05, 4.69) is 0 Å². The highest BCUT2D eigenvalue weighted by molar-refractivity contribution is 7.92. The second kappa shape index (κ2) is 5.57. The summed E-state index contributed by atoms with van der Waals surface area (Å²) in [6, 6.07) is 4.15. The van der Waals surface area contributed by atoms with Crippen molar-refractivity contribution < 1.29 is 8.42 Å². The minimum atomic E-state index is -3.40. The largest absolute Gasteiger partial charge is 0.328 e. The van der Waals surface area contributed by atoms with Crippen LogP contribution < -0.4 is 5.73 Å². The van der Waals surface area contributed by atoms with Crippen LogP contribution in [0.5, 0.6) is 0 Å². The lowest BCUT2D eigenvalue weighted by molar-refractivity contribution is 0.563. The molecule has 3 nitrogen and oxygen atoms in total. The Bertz CT molecular complexity index is 500. The first-order valence-electron chi connectivity index (χ1n) is 5.19. The van der Waals surface area contributed by atoms with E-state index in [1.807, 2.05) is 0 Å². The third-order valence-electron chi connectivity index (χ3n) is 2.45. The Hall–Kier alpha value is -0.290. The van der Waals surface area contributed by atoms with Gasteiger partial charge in [0.15, 0.2) is 9.84 Å². The van der Waals surface area contributed by atoms with E-state index in [0.29, 0.717) is 11.4 Å². The van der Waals surface area contributed by atoms with E-state index in [0.717, 1.165) is 0 Å². The van der Waals surface area contributed by atoms with Gasteiger partial charge in [-0.15, -0.1) is 0 Å². The minimum absolute atomic E-state index is 0.164. The Labute approximate surface area is 112 Å². The number of hydrogen-bond donors (Lipinski definition) is 1. The lowest BCUT2D eigenvalue weighted by atomic mass is 10.2. The zero-order valence-corrected chi connectivity index (χ0v) is 12.0. The van der Waals surface area contributed by atoms with Gasteiger partial charge >= 0.3 is 0 Å². The molecule has 1 rings (SSSR count). The fraction of sp³-hybridized carbons (Fsp3) is 0.455. The van der Waals surface area contributed by atoms with Crippen molar-refractivity contribution in [3.63, 3.8) is 0 Å². The smallest absolute Gasteiger partial charge is 0.181 e. The summed E-state index contributed by atoms with van der Waals surface area (Å²) in [7, 11) is -3.40. The van der Waals surface area contributed by atoms with Crippen LogP contribution in [-0.4, -0.2) is 19.7 Å². The van der Waals surface area contributed by atoms with E-state index in [1.165, 1.54) is 18.2 Å². The normalized spacial score (nSPS) is 15.6. The van der Waals surface area contributed by atoms with E-state index in [-0.39, 0.29) is 16.0 Å². The molecule has 0 aliphatic heterocycles. The molecule has 0 radical (unpaired) electrons. The van der Waals surface area contributed by atoms with Crippen molar-refractivity contribution in [1.82, 2.24) is 0 Å². The number of nitrogens with two attached hydrogens (primary N) is 1. The van der Waals surface area contributed by atoms with Crippen LogP contribution in [0.4, 0.5) is 0 Å². The average molecular weight is 296 g/mol. The zero-order valence-electron chi connectivity index (χ0n) is 9.65. The summed E-state index contributed by atoms with van der Waals surface area (Å²) < 4.78 is 24.3. The van der Waals surface area contributed by atoms with Crippen LogP contribution >= 0.6 is 23.2 Å². The van der Waals surface area contributed by atoms with Crippen molar-refractivity contribution in [2.45, 2.75) is 36.5 Å². The van der Waals surface area contributed by atoms with Crippen LogP contribution in [-0.2, 0) is 9.84 Å². The molecular weight excluding hydrogens is 281 g/mol. The predicted octanol–water partition coefficient (Wildman–Crippen LogP) is 2.89. The van der Waals surface area contributed by atoms with Crippen LogP contribution in [0.2, 0.25) is 10.0 Å². The van der Waals surface area contributed by atoms with E-state index in [4.69, 9.17) is 28.9 Å². The van der Waals surface area contributed by atoms with E-state index < -0.39 is 15.1 Å². The molecule has 0 saturated carbocycles. The third-order valence-corrected chi connectivity index (χ3v) is 5.35. The predicted molar refractivity (Wildman–Crippen MR) is 71.4 cm³/mol. The van der Waals surface area contributed by atoms with Gasteiger partial charge < -0.3 is 5.73 Å². The van der Waals surface area contributed by atoms with Crippen molar-refractivity contribution in [3.05, 3.63) is 28.2 Å². The van der Waals surface area contributed by atoms with Gasteiger partial charge in [-0.1, -0.05) is 23.2 Å². The Morgan fingerprint density at radius 1 is 1.24 bits per heavy atom. The van der Waals surface area contributed by atoms with E-state index >= 15 is 0 Å². The highest BCUT2D eigenvalue weighted by atomic mass is 35.5. The fourth-order valence-corrected chi connectivity index (χ4v) is 3.46. The molecule has 0 aromatic heterocycles. The van der Waals surface area contributed by atoms with Gasteiger partial charge in [0, 0.05) is 6.04 Å². The molecule has 0 fully saturated rings. The van der Waals surface area contributed by atoms with Gasteiger partial charge in [-0.25, -0.2) is 8.42 Å². The molecule has 17 heavy (non-hydrogen) atoms. The number of benzene rings is 1. The molecule has 0 spiro atoms. The highest BCUT2D eigenvalue weighted by Crippen LogP contribution is 2.27. The molecule has 0 aliphatic rings. The maximum absolute atomic E-state index is 12.2. The number of hydrogen-bond acceptors (Lipinski definition) is 3. The van der Waals surface area contributed by atoms with Crippen molar-refractivity contribution in [1.29, 1.82) is 0 Å². The quantitative estimate of drug-likeness (QED) is 0.929. The molecule has 1 aromatic carbocycles. The molecular formula is C11H15Cl2NO2S. The molecule has 1 aromatic rings. The van der Waals surface area contributed by atoms with Crippen molar-refractivity contribution >= 4 is 33.0 Å². The summed E-state index contributed by atoms with van der Waals surface area (Å²) in [6.07, 6.45) is 0.405. The SMILES string of the molecule is CC(N)CC(C)S(=O)(=O)c1ccc(Cl)c(Cl)c1. The number of sulfone groups is 1. The standard InChI is InChI=1S/C11H15Cl2NO2S/c1-7(14)5-8(2)17(15,16)9-3-4-10(12)11(13)6-9/h3-4,6-8H,5,14H2,1-2H3. The summed E-state index contributed by atoms with van der Waals surface area (Å²) in [5, 5.41) is 0.0333. The molecule has 0 bridgehead atoms.